The summed E-state index contributed by atoms with van der Waals surface area (Å²) >= 11 is 5.87. The van der Waals surface area contributed by atoms with Crippen LogP contribution in [0.15, 0.2) is 18.2 Å². The lowest BCUT2D eigenvalue weighted by atomic mass is 10.1. The van der Waals surface area contributed by atoms with Crippen LogP contribution in [0.25, 0.3) is 0 Å². The minimum atomic E-state index is -1.36. The molecule has 0 aliphatic heterocycles. The van der Waals surface area contributed by atoms with E-state index in [9.17, 15) is 14.4 Å². The van der Waals surface area contributed by atoms with E-state index in [1.54, 1.807) is 13.0 Å². The second-order valence-electron chi connectivity index (χ2n) is 4.00. The van der Waals surface area contributed by atoms with Crippen molar-refractivity contribution in [3.05, 3.63) is 34.3 Å². The Kier molecular flexibility index (Phi) is 4.88. The molecule has 0 bridgehead atoms. The minimum absolute atomic E-state index is 0.214. The molecule has 1 rings (SSSR count). The molecule has 0 aliphatic carbocycles. The molecule has 0 unspecified atom stereocenters. The quantitative estimate of drug-likeness (QED) is 0.739. The molecule has 1 aromatic carbocycles. The van der Waals surface area contributed by atoms with Crippen LogP contribution in [-0.4, -0.2) is 28.9 Å². The van der Waals surface area contributed by atoms with E-state index in [0.717, 1.165) is 5.56 Å². The summed E-state index contributed by atoms with van der Waals surface area (Å²) in [5, 5.41) is 11.5. The molecule has 0 radical (unpaired) electrons. The molecule has 0 saturated carbocycles. The van der Waals surface area contributed by atoms with E-state index in [0.29, 0.717) is 5.02 Å². The number of aliphatic carboxylic acids is 1. The summed E-state index contributed by atoms with van der Waals surface area (Å²) in [6.07, 6.45) is -0.472. The monoisotopic (exact) mass is 284 g/mol. The number of halogens is 1. The Morgan fingerprint density at radius 1 is 1.42 bits per heavy atom. The highest BCUT2D eigenvalue weighted by molar-refractivity contribution is 6.31. The molecule has 0 aromatic heterocycles. The first-order chi connectivity index (χ1) is 8.81. The number of amides is 2. The first-order valence-corrected chi connectivity index (χ1v) is 5.77. The molecule has 0 saturated heterocycles. The number of carbonyl (C=O) groups excluding carboxylic acids is 2. The second kappa shape index (κ2) is 6.19. The van der Waals surface area contributed by atoms with Gasteiger partial charge in [-0.1, -0.05) is 17.7 Å². The predicted molar refractivity (Wildman–Crippen MR) is 68.9 cm³/mol. The van der Waals surface area contributed by atoms with Gasteiger partial charge in [0.05, 0.1) is 6.42 Å². The number of aryl methyl sites for hydroxylation is 1. The zero-order chi connectivity index (χ0) is 14.6. The maximum atomic E-state index is 11.8. The molecule has 19 heavy (non-hydrogen) atoms. The Hall–Kier alpha value is -2.08. The van der Waals surface area contributed by atoms with Gasteiger partial charge in [-0.05, 0) is 24.6 Å². The Bertz CT molecular complexity index is 530. The SMILES string of the molecule is Cc1ccc(C(=O)N[C@@H](CC(N)=O)C(=O)O)cc1Cl. The highest BCUT2D eigenvalue weighted by atomic mass is 35.5. The zero-order valence-electron chi connectivity index (χ0n) is 10.1. The number of carboxylic acid groups (broad SMARTS) is 1. The molecule has 2 amide bonds. The number of rotatable bonds is 5. The average Bonchev–Trinajstić information content (AvgIpc) is 2.31. The van der Waals surface area contributed by atoms with E-state index in [1.165, 1.54) is 12.1 Å². The number of hydrogen-bond donors (Lipinski definition) is 3. The lowest BCUT2D eigenvalue weighted by molar-refractivity contribution is -0.140. The summed E-state index contributed by atoms with van der Waals surface area (Å²) in [6, 6.07) is 3.22. The van der Waals surface area contributed by atoms with E-state index in [4.69, 9.17) is 22.4 Å². The molecule has 102 valence electrons. The molecule has 1 atom stereocenters. The third kappa shape index (κ3) is 4.26. The van der Waals surface area contributed by atoms with Crippen LogP contribution < -0.4 is 11.1 Å². The van der Waals surface area contributed by atoms with E-state index in [2.05, 4.69) is 5.32 Å². The lowest BCUT2D eigenvalue weighted by Gasteiger charge is -2.13. The summed E-state index contributed by atoms with van der Waals surface area (Å²) < 4.78 is 0. The fraction of sp³-hybridized carbons (Fsp3) is 0.250. The first-order valence-electron chi connectivity index (χ1n) is 5.39. The van der Waals surface area contributed by atoms with E-state index in [1.807, 2.05) is 0 Å². The van der Waals surface area contributed by atoms with Crippen molar-refractivity contribution in [1.82, 2.24) is 5.32 Å². The smallest absolute Gasteiger partial charge is 0.326 e. The number of carboxylic acids is 1. The molecule has 0 spiro atoms. The fourth-order valence-corrected chi connectivity index (χ4v) is 1.56. The lowest BCUT2D eigenvalue weighted by Crippen LogP contribution is -2.43. The van der Waals surface area contributed by atoms with Crippen LogP contribution in [0.3, 0.4) is 0 Å². The van der Waals surface area contributed by atoms with Gasteiger partial charge in [-0.2, -0.15) is 0 Å². The van der Waals surface area contributed by atoms with Crippen molar-refractivity contribution in [2.45, 2.75) is 19.4 Å². The second-order valence-corrected chi connectivity index (χ2v) is 4.41. The van der Waals surface area contributed by atoms with Crippen LogP contribution in [-0.2, 0) is 9.59 Å². The van der Waals surface area contributed by atoms with Gasteiger partial charge in [-0.15, -0.1) is 0 Å². The first kappa shape index (κ1) is 15.0. The van der Waals surface area contributed by atoms with Gasteiger partial charge in [0.15, 0.2) is 0 Å². The summed E-state index contributed by atoms with van der Waals surface area (Å²) in [4.78, 5) is 33.4. The van der Waals surface area contributed by atoms with Gasteiger partial charge < -0.3 is 16.2 Å². The molecule has 6 nitrogen and oxygen atoms in total. The van der Waals surface area contributed by atoms with Gasteiger partial charge in [-0.3, -0.25) is 9.59 Å². The van der Waals surface area contributed by atoms with Crippen LogP contribution >= 0.6 is 11.6 Å². The number of primary amides is 1. The van der Waals surface area contributed by atoms with Gasteiger partial charge in [0.25, 0.3) is 5.91 Å². The summed E-state index contributed by atoms with van der Waals surface area (Å²) in [7, 11) is 0. The van der Waals surface area contributed by atoms with Gasteiger partial charge in [0.2, 0.25) is 5.91 Å². The third-order valence-electron chi connectivity index (χ3n) is 2.44. The van der Waals surface area contributed by atoms with Gasteiger partial charge >= 0.3 is 5.97 Å². The summed E-state index contributed by atoms with van der Waals surface area (Å²) in [6.45, 7) is 1.77. The van der Waals surface area contributed by atoms with Crippen molar-refractivity contribution in [3.8, 4) is 0 Å². The molecule has 0 heterocycles. The van der Waals surface area contributed by atoms with Gasteiger partial charge in [0, 0.05) is 10.6 Å². The van der Waals surface area contributed by atoms with Crippen molar-refractivity contribution >= 4 is 29.4 Å². The van der Waals surface area contributed by atoms with Crippen molar-refractivity contribution in [3.63, 3.8) is 0 Å². The Labute approximate surface area is 114 Å². The highest BCUT2D eigenvalue weighted by Crippen LogP contribution is 2.16. The third-order valence-corrected chi connectivity index (χ3v) is 2.85. The largest absolute Gasteiger partial charge is 0.480 e. The molecule has 1 aromatic rings. The van der Waals surface area contributed by atoms with Gasteiger partial charge in [-0.25, -0.2) is 4.79 Å². The van der Waals surface area contributed by atoms with E-state index < -0.39 is 30.2 Å². The number of hydrogen-bond acceptors (Lipinski definition) is 3. The Morgan fingerprint density at radius 2 is 2.05 bits per heavy atom. The van der Waals surface area contributed by atoms with Crippen molar-refractivity contribution in [1.29, 1.82) is 0 Å². The number of nitrogens with one attached hydrogen (secondary N) is 1. The topological polar surface area (TPSA) is 109 Å². The molecule has 0 aliphatic rings. The minimum Gasteiger partial charge on any atom is -0.480 e. The Morgan fingerprint density at radius 3 is 2.53 bits per heavy atom. The predicted octanol–water partition coefficient (Wildman–Crippen LogP) is 0.707. The van der Waals surface area contributed by atoms with Crippen molar-refractivity contribution in [2.24, 2.45) is 5.73 Å². The molecule has 0 fully saturated rings. The fourth-order valence-electron chi connectivity index (χ4n) is 1.38. The molecule has 7 heteroatoms. The Balaban J connectivity index is 2.84. The summed E-state index contributed by atoms with van der Waals surface area (Å²) in [5.41, 5.74) is 5.93. The average molecular weight is 285 g/mol. The number of nitrogens with two attached hydrogens (primary N) is 1. The standard InChI is InChI=1S/C12H13ClN2O4/c1-6-2-3-7(4-8(6)13)11(17)15-9(12(18)19)5-10(14)16/h2-4,9H,5H2,1H3,(H2,14,16)(H,15,17)(H,18,19)/t9-/m0/s1. The maximum Gasteiger partial charge on any atom is 0.326 e. The van der Waals surface area contributed by atoms with E-state index >= 15 is 0 Å². The highest BCUT2D eigenvalue weighted by Gasteiger charge is 2.22. The van der Waals surface area contributed by atoms with Crippen molar-refractivity contribution in [2.75, 3.05) is 0 Å². The van der Waals surface area contributed by atoms with Crippen LogP contribution in [0.4, 0.5) is 0 Å². The van der Waals surface area contributed by atoms with Crippen LogP contribution in [0.1, 0.15) is 22.3 Å². The van der Waals surface area contributed by atoms with Crippen LogP contribution in [0.2, 0.25) is 5.02 Å². The van der Waals surface area contributed by atoms with Gasteiger partial charge in [0.1, 0.15) is 6.04 Å². The van der Waals surface area contributed by atoms with Crippen LogP contribution in [0.5, 0.6) is 0 Å². The number of benzene rings is 1. The normalized spacial score (nSPS) is 11.7. The molecular formula is C12H13ClN2O4. The summed E-state index contributed by atoms with van der Waals surface area (Å²) in [5.74, 6) is -2.77. The van der Waals surface area contributed by atoms with Crippen LogP contribution in [0, 0.1) is 6.92 Å². The zero-order valence-corrected chi connectivity index (χ0v) is 10.9. The molecule has 4 N–H and O–H groups in total. The molecular weight excluding hydrogens is 272 g/mol. The maximum absolute atomic E-state index is 11.8. The van der Waals surface area contributed by atoms with E-state index in [-0.39, 0.29) is 5.56 Å². The van der Waals surface area contributed by atoms with Crippen molar-refractivity contribution < 1.29 is 19.5 Å². The number of carbonyl (C=O) groups is 3.